The molecule has 5 nitrogen and oxygen atoms in total. The standard InChI is InChI=1S/C8H14N4O/c1-4-9-7-10-5-12(6(2)3)8(13)11-7/h4,6H,1,5H2,2-3H3,(H2,9,10,11,13)/p+1. The van der Waals surface area contributed by atoms with E-state index < -0.39 is 0 Å². The van der Waals surface area contributed by atoms with Crippen molar-refractivity contribution >= 4 is 12.0 Å². The Balaban J connectivity index is 2.63. The zero-order chi connectivity index (χ0) is 9.84. The minimum Gasteiger partial charge on any atom is -0.279 e. The average molecular weight is 183 g/mol. The van der Waals surface area contributed by atoms with Crippen molar-refractivity contribution in [3.8, 4) is 0 Å². The molecule has 0 aromatic rings. The molecule has 3 N–H and O–H groups in total. The second kappa shape index (κ2) is 3.93. The van der Waals surface area contributed by atoms with Crippen molar-refractivity contribution in [3.63, 3.8) is 0 Å². The van der Waals surface area contributed by atoms with Crippen LogP contribution < -0.4 is 15.6 Å². The first-order valence-corrected chi connectivity index (χ1v) is 4.21. The molecule has 2 amide bonds. The Bertz CT molecular complexity index is 247. The van der Waals surface area contributed by atoms with Gasteiger partial charge in [0, 0.05) is 6.04 Å². The van der Waals surface area contributed by atoms with Gasteiger partial charge < -0.3 is 0 Å². The number of nitrogens with one attached hydrogen (secondary N) is 3. The number of nitrogens with zero attached hydrogens (tertiary/aromatic N) is 1. The SMILES string of the molecule is C=CNC1=[NH+]CN(C(C)C)C(=O)N1. The fraction of sp³-hybridized carbons (Fsp3) is 0.500. The van der Waals surface area contributed by atoms with Gasteiger partial charge in [0.1, 0.15) is 6.67 Å². The number of carbonyl (C=O) groups excluding carboxylic acids is 1. The van der Waals surface area contributed by atoms with Crippen LogP contribution in [-0.2, 0) is 0 Å². The highest BCUT2D eigenvalue weighted by Gasteiger charge is 2.26. The summed E-state index contributed by atoms with van der Waals surface area (Å²) < 4.78 is 0. The van der Waals surface area contributed by atoms with Crippen LogP contribution in [0.2, 0.25) is 0 Å². The van der Waals surface area contributed by atoms with Gasteiger partial charge in [0.25, 0.3) is 0 Å². The lowest BCUT2D eigenvalue weighted by molar-refractivity contribution is -0.488. The third kappa shape index (κ3) is 2.21. The fourth-order valence-electron chi connectivity index (χ4n) is 1.07. The van der Waals surface area contributed by atoms with Gasteiger partial charge in [-0.15, -0.1) is 0 Å². The van der Waals surface area contributed by atoms with Crippen LogP contribution in [0.4, 0.5) is 4.79 Å². The molecule has 13 heavy (non-hydrogen) atoms. The molecule has 5 heteroatoms. The van der Waals surface area contributed by atoms with E-state index in [1.54, 1.807) is 4.90 Å². The van der Waals surface area contributed by atoms with Gasteiger partial charge in [-0.25, -0.2) is 4.79 Å². The van der Waals surface area contributed by atoms with Crippen molar-refractivity contribution < 1.29 is 9.79 Å². The molecule has 1 aliphatic heterocycles. The Labute approximate surface area is 77.5 Å². The topological polar surface area (TPSA) is 58.3 Å². The van der Waals surface area contributed by atoms with Crippen molar-refractivity contribution in [1.82, 2.24) is 15.5 Å². The summed E-state index contributed by atoms with van der Waals surface area (Å²) in [5.41, 5.74) is 0. The largest absolute Gasteiger partial charge is 0.384 e. The highest BCUT2D eigenvalue weighted by atomic mass is 16.2. The smallest absolute Gasteiger partial charge is 0.279 e. The number of hydrogen-bond donors (Lipinski definition) is 3. The van der Waals surface area contributed by atoms with E-state index in [1.165, 1.54) is 6.20 Å². The van der Waals surface area contributed by atoms with Crippen LogP contribution in [0.15, 0.2) is 12.8 Å². The van der Waals surface area contributed by atoms with Crippen molar-refractivity contribution in [1.29, 1.82) is 0 Å². The zero-order valence-electron chi connectivity index (χ0n) is 7.92. The fourth-order valence-corrected chi connectivity index (χ4v) is 1.07. The first kappa shape index (κ1) is 9.57. The van der Waals surface area contributed by atoms with Crippen LogP contribution in [0.1, 0.15) is 13.8 Å². The summed E-state index contributed by atoms with van der Waals surface area (Å²) in [5, 5.41) is 5.44. The maximum absolute atomic E-state index is 11.4. The average Bonchev–Trinajstić information content (AvgIpc) is 2.04. The van der Waals surface area contributed by atoms with Gasteiger partial charge in [-0.05, 0) is 13.8 Å². The molecular weight excluding hydrogens is 168 g/mol. The Kier molecular flexibility index (Phi) is 2.89. The molecule has 0 fully saturated rings. The maximum Gasteiger partial charge on any atom is 0.384 e. The first-order chi connectivity index (χ1) is 6.15. The molecule has 0 radical (unpaired) electrons. The molecule has 0 saturated carbocycles. The van der Waals surface area contributed by atoms with Crippen LogP contribution in [-0.4, -0.2) is 29.6 Å². The van der Waals surface area contributed by atoms with Crippen LogP contribution >= 0.6 is 0 Å². The van der Waals surface area contributed by atoms with Gasteiger partial charge in [-0.2, -0.15) is 5.32 Å². The molecule has 0 aliphatic carbocycles. The Morgan fingerprint density at radius 1 is 1.77 bits per heavy atom. The molecule has 0 unspecified atom stereocenters. The van der Waals surface area contributed by atoms with E-state index in [-0.39, 0.29) is 12.1 Å². The molecule has 0 spiro atoms. The van der Waals surface area contributed by atoms with Crippen LogP contribution in [0.3, 0.4) is 0 Å². The summed E-state index contributed by atoms with van der Waals surface area (Å²) in [6.45, 7) is 7.94. The second-order valence-corrected chi connectivity index (χ2v) is 3.05. The summed E-state index contributed by atoms with van der Waals surface area (Å²) >= 11 is 0. The molecule has 0 saturated heterocycles. The molecule has 0 bridgehead atoms. The minimum absolute atomic E-state index is 0.0990. The number of urea groups is 1. The van der Waals surface area contributed by atoms with Gasteiger partial charge in [0.05, 0.1) is 6.20 Å². The predicted molar refractivity (Wildman–Crippen MR) is 49.7 cm³/mol. The van der Waals surface area contributed by atoms with E-state index in [0.29, 0.717) is 12.6 Å². The van der Waals surface area contributed by atoms with Crippen molar-refractivity contribution in [3.05, 3.63) is 12.8 Å². The number of rotatable bonds is 2. The molecular formula is C8H15N4O+. The van der Waals surface area contributed by atoms with Crippen molar-refractivity contribution in [2.75, 3.05) is 6.67 Å². The zero-order valence-corrected chi connectivity index (χ0v) is 7.92. The lowest BCUT2D eigenvalue weighted by Crippen LogP contribution is -2.87. The number of hydrogen-bond acceptors (Lipinski definition) is 2. The summed E-state index contributed by atoms with van der Waals surface area (Å²) in [6.07, 6.45) is 1.51. The molecule has 72 valence electrons. The highest BCUT2D eigenvalue weighted by molar-refractivity contribution is 5.94. The quantitative estimate of drug-likeness (QED) is 0.490. The molecule has 0 aromatic heterocycles. The van der Waals surface area contributed by atoms with Gasteiger partial charge in [0.2, 0.25) is 0 Å². The Morgan fingerprint density at radius 2 is 2.46 bits per heavy atom. The van der Waals surface area contributed by atoms with E-state index in [1.807, 2.05) is 13.8 Å². The molecule has 0 aromatic carbocycles. The van der Waals surface area contributed by atoms with Gasteiger partial charge in [-0.1, -0.05) is 6.58 Å². The summed E-state index contributed by atoms with van der Waals surface area (Å²) in [4.78, 5) is 16.1. The van der Waals surface area contributed by atoms with Gasteiger partial charge >= 0.3 is 12.0 Å². The van der Waals surface area contributed by atoms with Crippen molar-refractivity contribution in [2.24, 2.45) is 0 Å². The minimum atomic E-state index is -0.0990. The van der Waals surface area contributed by atoms with Crippen LogP contribution in [0.25, 0.3) is 0 Å². The van der Waals surface area contributed by atoms with Gasteiger partial charge in [0.15, 0.2) is 0 Å². The van der Waals surface area contributed by atoms with Crippen LogP contribution in [0.5, 0.6) is 0 Å². The number of carbonyl (C=O) groups is 1. The Hall–Kier alpha value is -1.52. The van der Waals surface area contributed by atoms with Crippen LogP contribution in [0, 0.1) is 0 Å². The monoisotopic (exact) mass is 183 g/mol. The third-order valence-corrected chi connectivity index (χ3v) is 1.79. The molecule has 1 aliphatic rings. The lowest BCUT2D eigenvalue weighted by Gasteiger charge is -2.25. The van der Waals surface area contributed by atoms with E-state index in [2.05, 4.69) is 22.2 Å². The summed E-state index contributed by atoms with van der Waals surface area (Å²) in [6, 6.07) is 0.0934. The normalized spacial score (nSPS) is 16.7. The van der Waals surface area contributed by atoms with E-state index >= 15 is 0 Å². The predicted octanol–water partition coefficient (Wildman–Crippen LogP) is -1.45. The summed E-state index contributed by atoms with van der Waals surface area (Å²) in [5.74, 6) is 0.580. The first-order valence-electron chi connectivity index (χ1n) is 4.21. The number of amides is 2. The van der Waals surface area contributed by atoms with Crippen molar-refractivity contribution in [2.45, 2.75) is 19.9 Å². The van der Waals surface area contributed by atoms with Gasteiger partial charge in [-0.3, -0.25) is 15.2 Å². The third-order valence-electron chi connectivity index (χ3n) is 1.79. The summed E-state index contributed by atoms with van der Waals surface area (Å²) in [7, 11) is 0. The van der Waals surface area contributed by atoms with E-state index in [9.17, 15) is 4.79 Å². The van der Waals surface area contributed by atoms with E-state index in [0.717, 1.165) is 0 Å². The Morgan fingerprint density at radius 3 is 2.92 bits per heavy atom. The number of guanidine groups is 1. The molecule has 1 rings (SSSR count). The van der Waals surface area contributed by atoms with E-state index in [4.69, 9.17) is 0 Å². The second-order valence-electron chi connectivity index (χ2n) is 3.05. The lowest BCUT2D eigenvalue weighted by atomic mass is 10.3. The maximum atomic E-state index is 11.4. The highest BCUT2D eigenvalue weighted by Crippen LogP contribution is 1.95. The molecule has 1 heterocycles. The molecule has 0 atom stereocenters.